The second-order valence-electron chi connectivity index (χ2n) is 3.42. The molecule has 0 aliphatic heterocycles. The van der Waals surface area contributed by atoms with E-state index < -0.39 is 0 Å². The van der Waals surface area contributed by atoms with Gasteiger partial charge in [-0.1, -0.05) is 15.9 Å². The minimum Gasteiger partial charge on any atom is -0.368 e. The highest BCUT2D eigenvalue weighted by atomic mass is 79.9. The van der Waals surface area contributed by atoms with Gasteiger partial charge in [0, 0.05) is 15.9 Å². The molecule has 0 radical (unpaired) electrons. The van der Waals surface area contributed by atoms with Gasteiger partial charge in [0.15, 0.2) is 0 Å². The van der Waals surface area contributed by atoms with Crippen molar-refractivity contribution in [3.63, 3.8) is 0 Å². The topological polar surface area (TPSA) is 77.8 Å². The number of nitrogens with zero attached hydrogens (tertiary/aromatic N) is 2. The van der Waals surface area contributed by atoms with Crippen LogP contribution in [0, 0.1) is 0 Å². The molecule has 0 saturated heterocycles. The lowest BCUT2D eigenvalue weighted by atomic mass is 10.1. The summed E-state index contributed by atoms with van der Waals surface area (Å²) in [6.45, 7) is 1.88. The van der Waals surface area contributed by atoms with Gasteiger partial charge in [0.25, 0.3) is 0 Å². The van der Waals surface area contributed by atoms with Crippen molar-refractivity contribution in [1.29, 1.82) is 0 Å². The maximum atomic E-state index is 5.84. The smallest absolute Gasteiger partial charge is 0.220 e. The van der Waals surface area contributed by atoms with E-state index in [1.807, 2.05) is 25.1 Å². The lowest BCUT2D eigenvalue weighted by Gasteiger charge is -2.09. The molecule has 78 valence electrons. The van der Waals surface area contributed by atoms with Crippen LogP contribution in [0.25, 0.3) is 10.9 Å². The van der Waals surface area contributed by atoms with Gasteiger partial charge in [-0.3, -0.25) is 0 Å². The van der Waals surface area contributed by atoms with Crippen LogP contribution in [-0.2, 0) is 0 Å². The zero-order valence-electron chi connectivity index (χ0n) is 8.24. The molecular formula is C10H11BrN4. The van der Waals surface area contributed by atoms with Crippen LogP contribution in [0.2, 0.25) is 0 Å². The van der Waals surface area contributed by atoms with Crippen molar-refractivity contribution >= 4 is 32.8 Å². The zero-order valence-corrected chi connectivity index (χ0v) is 9.82. The first-order chi connectivity index (χ1) is 7.08. The van der Waals surface area contributed by atoms with Crippen LogP contribution < -0.4 is 11.5 Å². The van der Waals surface area contributed by atoms with Gasteiger partial charge in [0.05, 0.1) is 11.2 Å². The Labute approximate surface area is 95.8 Å². The van der Waals surface area contributed by atoms with Crippen LogP contribution >= 0.6 is 15.9 Å². The molecule has 15 heavy (non-hydrogen) atoms. The molecule has 1 aromatic heterocycles. The highest BCUT2D eigenvalue weighted by Crippen LogP contribution is 2.24. The van der Waals surface area contributed by atoms with E-state index in [4.69, 9.17) is 11.5 Å². The number of hydrogen-bond acceptors (Lipinski definition) is 4. The normalized spacial score (nSPS) is 13.0. The predicted octanol–water partition coefficient (Wildman–Crippen LogP) is 1.99. The Balaban J connectivity index is 2.81. The first-order valence-electron chi connectivity index (χ1n) is 4.56. The number of anilines is 1. The average molecular weight is 267 g/mol. The SMILES string of the molecule is CC(N)c1nc(N)nc2ccc(Br)cc12. The molecule has 4 nitrogen and oxygen atoms in total. The molecule has 0 bridgehead atoms. The fraction of sp³-hybridized carbons (Fsp3) is 0.200. The van der Waals surface area contributed by atoms with Gasteiger partial charge in [0.1, 0.15) is 0 Å². The summed E-state index contributed by atoms with van der Waals surface area (Å²) in [4.78, 5) is 8.31. The summed E-state index contributed by atoms with van der Waals surface area (Å²) >= 11 is 3.41. The molecule has 2 aromatic rings. The summed E-state index contributed by atoms with van der Waals surface area (Å²) in [6.07, 6.45) is 0. The molecule has 0 aliphatic rings. The van der Waals surface area contributed by atoms with Crippen LogP contribution in [0.5, 0.6) is 0 Å². The first kappa shape index (κ1) is 10.3. The molecule has 1 unspecified atom stereocenters. The van der Waals surface area contributed by atoms with Crippen molar-refractivity contribution in [2.24, 2.45) is 5.73 Å². The van der Waals surface area contributed by atoms with Crippen LogP contribution in [0.15, 0.2) is 22.7 Å². The molecule has 4 N–H and O–H groups in total. The number of rotatable bonds is 1. The Morgan fingerprint density at radius 3 is 2.73 bits per heavy atom. The maximum Gasteiger partial charge on any atom is 0.220 e. The Morgan fingerprint density at radius 1 is 1.33 bits per heavy atom. The molecule has 0 spiro atoms. The van der Waals surface area contributed by atoms with Gasteiger partial charge < -0.3 is 11.5 Å². The number of halogens is 1. The summed E-state index contributed by atoms with van der Waals surface area (Å²) in [5.41, 5.74) is 13.0. The average Bonchev–Trinajstić information content (AvgIpc) is 2.17. The third kappa shape index (κ3) is 1.93. The predicted molar refractivity (Wildman–Crippen MR) is 64.3 cm³/mol. The highest BCUT2D eigenvalue weighted by Gasteiger charge is 2.09. The molecule has 1 aromatic carbocycles. The number of fused-ring (bicyclic) bond motifs is 1. The Hall–Kier alpha value is -1.20. The first-order valence-corrected chi connectivity index (χ1v) is 5.35. The lowest BCUT2D eigenvalue weighted by molar-refractivity contribution is 0.789. The summed E-state index contributed by atoms with van der Waals surface area (Å²) in [7, 11) is 0. The third-order valence-electron chi connectivity index (χ3n) is 2.14. The summed E-state index contributed by atoms with van der Waals surface area (Å²) in [5.74, 6) is 0.261. The molecule has 0 saturated carbocycles. The lowest BCUT2D eigenvalue weighted by Crippen LogP contribution is -2.10. The molecule has 5 heteroatoms. The van der Waals surface area contributed by atoms with E-state index in [9.17, 15) is 0 Å². The number of nitrogens with two attached hydrogens (primary N) is 2. The summed E-state index contributed by atoms with van der Waals surface area (Å²) in [5, 5.41) is 0.938. The fourth-order valence-corrected chi connectivity index (χ4v) is 1.85. The van der Waals surface area contributed by atoms with Crippen molar-refractivity contribution in [1.82, 2.24) is 9.97 Å². The summed E-state index contributed by atoms with van der Waals surface area (Å²) < 4.78 is 0.977. The third-order valence-corrected chi connectivity index (χ3v) is 2.63. The monoisotopic (exact) mass is 266 g/mol. The second-order valence-corrected chi connectivity index (χ2v) is 4.33. The minimum absolute atomic E-state index is 0.160. The second kappa shape index (κ2) is 3.75. The van der Waals surface area contributed by atoms with Crippen LogP contribution in [0.1, 0.15) is 18.7 Å². The molecule has 0 aliphatic carbocycles. The zero-order chi connectivity index (χ0) is 11.0. The van der Waals surface area contributed by atoms with E-state index in [1.54, 1.807) is 0 Å². The molecule has 1 heterocycles. The quantitative estimate of drug-likeness (QED) is 0.828. The van der Waals surface area contributed by atoms with E-state index in [-0.39, 0.29) is 12.0 Å². The van der Waals surface area contributed by atoms with Crippen molar-refractivity contribution in [2.75, 3.05) is 5.73 Å². The van der Waals surface area contributed by atoms with Gasteiger partial charge >= 0.3 is 0 Å². The fourth-order valence-electron chi connectivity index (χ4n) is 1.49. The molecule has 2 rings (SSSR count). The van der Waals surface area contributed by atoms with Gasteiger partial charge in [-0.05, 0) is 25.1 Å². The van der Waals surface area contributed by atoms with Crippen molar-refractivity contribution in [3.8, 4) is 0 Å². The van der Waals surface area contributed by atoms with Gasteiger partial charge in [-0.15, -0.1) is 0 Å². The Morgan fingerprint density at radius 2 is 2.07 bits per heavy atom. The minimum atomic E-state index is -0.160. The number of nitrogen functional groups attached to an aromatic ring is 1. The molecule has 0 amide bonds. The van der Waals surface area contributed by atoms with Crippen molar-refractivity contribution < 1.29 is 0 Å². The largest absolute Gasteiger partial charge is 0.368 e. The van der Waals surface area contributed by atoms with Crippen molar-refractivity contribution in [2.45, 2.75) is 13.0 Å². The molecular weight excluding hydrogens is 256 g/mol. The van der Waals surface area contributed by atoms with Crippen molar-refractivity contribution in [3.05, 3.63) is 28.4 Å². The summed E-state index contributed by atoms with van der Waals surface area (Å²) in [6, 6.07) is 5.60. The van der Waals surface area contributed by atoms with Crippen LogP contribution in [-0.4, -0.2) is 9.97 Å². The number of aromatic nitrogens is 2. The van der Waals surface area contributed by atoms with Crippen LogP contribution in [0.4, 0.5) is 5.95 Å². The van der Waals surface area contributed by atoms with Gasteiger partial charge in [-0.25, -0.2) is 9.97 Å². The Bertz CT molecular complexity index is 510. The maximum absolute atomic E-state index is 5.84. The highest BCUT2D eigenvalue weighted by molar-refractivity contribution is 9.10. The number of benzene rings is 1. The van der Waals surface area contributed by atoms with E-state index in [1.165, 1.54) is 0 Å². The van der Waals surface area contributed by atoms with E-state index in [2.05, 4.69) is 25.9 Å². The van der Waals surface area contributed by atoms with E-state index in [0.717, 1.165) is 21.1 Å². The van der Waals surface area contributed by atoms with Gasteiger partial charge in [0.2, 0.25) is 5.95 Å². The Kier molecular flexibility index (Phi) is 2.58. The molecule has 1 atom stereocenters. The van der Waals surface area contributed by atoms with Crippen LogP contribution in [0.3, 0.4) is 0 Å². The van der Waals surface area contributed by atoms with Gasteiger partial charge in [-0.2, -0.15) is 0 Å². The molecule has 0 fully saturated rings. The number of hydrogen-bond donors (Lipinski definition) is 2. The van der Waals surface area contributed by atoms with E-state index >= 15 is 0 Å². The standard InChI is InChI=1S/C10H11BrN4/c1-5(12)9-7-4-6(11)2-3-8(7)14-10(13)15-9/h2-5H,12H2,1H3,(H2,13,14,15). The van der Waals surface area contributed by atoms with E-state index in [0.29, 0.717) is 0 Å².